The summed E-state index contributed by atoms with van der Waals surface area (Å²) >= 11 is 8.38. The molecule has 0 radical (unpaired) electrons. The monoisotopic (exact) mass is 326 g/mol. The van der Waals surface area contributed by atoms with Gasteiger partial charge in [-0.15, -0.1) is 0 Å². The quantitative estimate of drug-likeness (QED) is 0.850. The lowest BCUT2D eigenvalue weighted by Gasteiger charge is -2.32. The number of carbonyl (C=O) groups is 1. The SMILES string of the molecule is NC(=S)C1CCCN(C(=O)c2ccc(Br)cc2)C1. The van der Waals surface area contributed by atoms with E-state index in [1.54, 1.807) is 0 Å². The third-order valence-electron chi connectivity index (χ3n) is 3.20. The van der Waals surface area contributed by atoms with Crippen LogP contribution in [0.1, 0.15) is 23.2 Å². The van der Waals surface area contributed by atoms with Gasteiger partial charge in [0.25, 0.3) is 5.91 Å². The highest BCUT2D eigenvalue weighted by Gasteiger charge is 2.25. The molecule has 1 aromatic carbocycles. The van der Waals surface area contributed by atoms with Crippen molar-refractivity contribution >= 4 is 39.0 Å². The Morgan fingerprint density at radius 1 is 1.39 bits per heavy atom. The second-order valence-corrected chi connectivity index (χ2v) is 5.89. The van der Waals surface area contributed by atoms with Crippen LogP contribution < -0.4 is 5.73 Å². The Kier molecular flexibility index (Phi) is 4.35. The molecular formula is C13H15BrN2OS. The number of rotatable bonds is 2. The second kappa shape index (κ2) is 5.80. The Hall–Kier alpha value is -0.940. The molecule has 1 unspecified atom stereocenters. The maximum atomic E-state index is 12.3. The first-order chi connectivity index (χ1) is 8.58. The number of nitrogens with zero attached hydrogens (tertiary/aromatic N) is 1. The van der Waals surface area contributed by atoms with Gasteiger partial charge in [0.05, 0.1) is 4.99 Å². The number of amides is 1. The third kappa shape index (κ3) is 3.09. The maximum absolute atomic E-state index is 12.3. The highest BCUT2D eigenvalue weighted by atomic mass is 79.9. The average molecular weight is 327 g/mol. The molecule has 2 rings (SSSR count). The molecule has 1 aromatic rings. The van der Waals surface area contributed by atoms with Crippen LogP contribution in [0.4, 0.5) is 0 Å². The molecular weight excluding hydrogens is 312 g/mol. The molecule has 2 N–H and O–H groups in total. The van der Waals surface area contributed by atoms with Crippen molar-refractivity contribution in [3.63, 3.8) is 0 Å². The molecule has 3 nitrogen and oxygen atoms in total. The molecule has 96 valence electrons. The van der Waals surface area contributed by atoms with Gasteiger partial charge in [0, 0.05) is 29.0 Å². The van der Waals surface area contributed by atoms with Gasteiger partial charge >= 0.3 is 0 Å². The number of piperidine rings is 1. The molecule has 0 aliphatic carbocycles. The largest absolute Gasteiger partial charge is 0.393 e. The van der Waals surface area contributed by atoms with Gasteiger partial charge in [-0.3, -0.25) is 4.79 Å². The molecule has 5 heteroatoms. The van der Waals surface area contributed by atoms with E-state index < -0.39 is 0 Å². The Morgan fingerprint density at radius 3 is 2.67 bits per heavy atom. The van der Waals surface area contributed by atoms with Gasteiger partial charge in [0.15, 0.2) is 0 Å². The van der Waals surface area contributed by atoms with Gasteiger partial charge in [-0.05, 0) is 37.1 Å². The second-order valence-electron chi connectivity index (χ2n) is 4.50. The van der Waals surface area contributed by atoms with E-state index in [9.17, 15) is 4.79 Å². The van der Waals surface area contributed by atoms with E-state index in [4.69, 9.17) is 18.0 Å². The van der Waals surface area contributed by atoms with Gasteiger partial charge in [-0.1, -0.05) is 28.1 Å². The lowest BCUT2D eigenvalue weighted by atomic mass is 9.97. The molecule has 1 fully saturated rings. The number of hydrogen-bond donors (Lipinski definition) is 1. The summed E-state index contributed by atoms with van der Waals surface area (Å²) in [4.78, 5) is 14.7. The minimum Gasteiger partial charge on any atom is -0.393 e. The molecule has 1 aliphatic rings. The highest BCUT2D eigenvalue weighted by Crippen LogP contribution is 2.19. The molecule has 18 heavy (non-hydrogen) atoms. The van der Waals surface area contributed by atoms with E-state index in [1.807, 2.05) is 29.2 Å². The zero-order valence-electron chi connectivity index (χ0n) is 9.93. The number of nitrogens with two attached hydrogens (primary N) is 1. The zero-order chi connectivity index (χ0) is 13.1. The van der Waals surface area contributed by atoms with Crippen LogP contribution in [0.3, 0.4) is 0 Å². The summed E-state index contributed by atoms with van der Waals surface area (Å²) in [6.45, 7) is 1.43. The van der Waals surface area contributed by atoms with Crippen molar-refractivity contribution in [2.24, 2.45) is 11.7 Å². The summed E-state index contributed by atoms with van der Waals surface area (Å²) in [5.74, 6) is 0.219. The van der Waals surface area contributed by atoms with Crippen LogP contribution in [0.2, 0.25) is 0 Å². The lowest BCUT2D eigenvalue weighted by molar-refractivity contribution is 0.0703. The standard InChI is InChI=1S/C13H15BrN2OS/c14-11-5-3-9(4-6-11)13(17)16-7-1-2-10(8-16)12(15)18/h3-6,10H,1-2,7-8H2,(H2,15,18). The summed E-state index contributed by atoms with van der Waals surface area (Å²) in [5, 5.41) is 0. The molecule has 1 amide bonds. The van der Waals surface area contributed by atoms with Crippen molar-refractivity contribution in [1.82, 2.24) is 4.90 Å². The van der Waals surface area contributed by atoms with Crippen LogP contribution in [0.25, 0.3) is 0 Å². The summed E-state index contributed by atoms with van der Waals surface area (Å²) in [6.07, 6.45) is 1.95. The summed E-state index contributed by atoms with van der Waals surface area (Å²) in [5.41, 5.74) is 6.39. The topological polar surface area (TPSA) is 46.3 Å². The van der Waals surface area contributed by atoms with E-state index in [0.29, 0.717) is 17.1 Å². The molecule has 1 saturated heterocycles. The molecule has 0 aromatic heterocycles. The van der Waals surface area contributed by atoms with Crippen LogP contribution in [0, 0.1) is 5.92 Å². The van der Waals surface area contributed by atoms with Gasteiger partial charge in [0.1, 0.15) is 0 Å². The maximum Gasteiger partial charge on any atom is 0.253 e. The smallest absolute Gasteiger partial charge is 0.253 e. The molecule has 1 aliphatic heterocycles. The predicted molar refractivity (Wildman–Crippen MR) is 79.6 cm³/mol. The van der Waals surface area contributed by atoms with Crippen molar-refractivity contribution in [1.29, 1.82) is 0 Å². The van der Waals surface area contributed by atoms with Crippen molar-refractivity contribution < 1.29 is 4.79 Å². The minimum atomic E-state index is 0.0588. The molecule has 0 spiro atoms. The van der Waals surface area contributed by atoms with E-state index in [-0.39, 0.29) is 11.8 Å². The zero-order valence-corrected chi connectivity index (χ0v) is 12.3. The highest BCUT2D eigenvalue weighted by molar-refractivity contribution is 9.10. The summed E-state index contributed by atoms with van der Waals surface area (Å²) in [6, 6.07) is 7.41. The number of likely N-dealkylation sites (tertiary alicyclic amines) is 1. The first kappa shape index (κ1) is 13.5. The number of carbonyl (C=O) groups excluding carboxylic acids is 1. The number of hydrogen-bond acceptors (Lipinski definition) is 2. The fraction of sp³-hybridized carbons (Fsp3) is 0.385. The Bertz CT molecular complexity index is 461. The Labute approximate surface area is 120 Å². The summed E-state index contributed by atoms with van der Waals surface area (Å²) < 4.78 is 0.971. The first-order valence-corrected chi connectivity index (χ1v) is 7.12. The van der Waals surface area contributed by atoms with Crippen LogP contribution in [0.5, 0.6) is 0 Å². The number of thiocarbonyl (C=S) groups is 1. The van der Waals surface area contributed by atoms with E-state index in [1.165, 1.54) is 0 Å². The van der Waals surface area contributed by atoms with Gasteiger partial charge in [-0.2, -0.15) is 0 Å². The van der Waals surface area contributed by atoms with E-state index in [0.717, 1.165) is 23.9 Å². The molecule has 1 heterocycles. The fourth-order valence-corrected chi connectivity index (χ4v) is 2.63. The van der Waals surface area contributed by atoms with Crippen molar-refractivity contribution in [2.45, 2.75) is 12.8 Å². The van der Waals surface area contributed by atoms with Crippen LogP contribution >= 0.6 is 28.1 Å². The van der Waals surface area contributed by atoms with Crippen molar-refractivity contribution in [3.05, 3.63) is 34.3 Å². The number of halogens is 1. The van der Waals surface area contributed by atoms with Crippen molar-refractivity contribution in [2.75, 3.05) is 13.1 Å². The van der Waals surface area contributed by atoms with Crippen LogP contribution in [0.15, 0.2) is 28.7 Å². The lowest BCUT2D eigenvalue weighted by Crippen LogP contribution is -2.43. The van der Waals surface area contributed by atoms with Crippen LogP contribution in [-0.2, 0) is 0 Å². The fourth-order valence-electron chi connectivity index (χ4n) is 2.17. The minimum absolute atomic E-state index is 0.0588. The predicted octanol–water partition coefficient (Wildman–Crippen LogP) is 2.59. The van der Waals surface area contributed by atoms with Crippen LogP contribution in [-0.4, -0.2) is 28.9 Å². The van der Waals surface area contributed by atoms with Gasteiger partial charge < -0.3 is 10.6 Å². The normalized spacial score (nSPS) is 19.6. The van der Waals surface area contributed by atoms with E-state index in [2.05, 4.69) is 15.9 Å². The Morgan fingerprint density at radius 2 is 2.06 bits per heavy atom. The average Bonchev–Trinajstić information content (AvgIpc) is 2.39. The van der Waals surface area contributed by atoms with Gasteiger partial charge in [-0.25, -0.2) is 0 Å². The molecule has 1 atom stereocenters. The van der Waals surface area contributed by atoms with Gasteiger partial charge in [0.2, 0.25) is 0 Å². The first-order valence-electron chi connectivity index (χ1n) is 5.92. The summed E-state index contributed by atoms with van der Waals surface area (Å²) in [7, 11) is 0. The molecule has 0 saturated carbocycles. The Balaban J connectivity index is 2.09. The molecule has 0 bridgehead atoms. The third-order valence-corrected chi connectivity index (χ3v) is 4.06. The van der Waals surface area contributed by atoms with Crippen molar-refractivity contribution in [3.8, 4) is 0 Å². The van der Waals surface area contributed by atoms with E-state index >= 15 is 0 Å². The number of benzene rings is 1.